The average molecular weight is 297 g/mol. The van der Waals surface area contributed by atoms with Crippen molar-refractivity contribution >= 4 is 16.1 Å². The van der Waals surface area contributed by atoms with Crippen molar-refractivity contribution in [3.05, 3.63) is 35.4 Å². The number of hydrogen-bond donors (Lipinski definition) is 1. The molecule has 2 N–H and O–H groups in total. The summed E-state index contributed by atoms with van der Waals surface area (Å²) in [6, 6.07) is 7.50. The molecule has 20 heavy (non-hydrogen) atoms. The highest BCUT2D eigenvalue weighted by molar-refractivity contribution is 7.86. The van der Waals surface area contributed by atoms with Gasteiger partial charge in [-0.2, -0.15) is 12.7 Å². The molecular formula is C13H19N3O3S. The summed E-state index contributed by atoms with van der Waals surface area (Å²) in [4.78, 5) is 14.1. The van der Waals surface area contributed by atoms with Gasteiger partial charge in [0.05, 0.1) is 0 Å². The van der Waals surface area contributed by atoms with Crippen LogP contribution in [0.25, 0.3) is 0 Å². The van der Waals surface area contributed by atoms with E-state index in [1.54, 1.807) is 4.90 Å². The molecule has 1 aromatic rings. The largest absolute Gasteiger partial charge is 0.336 e. The standard InChI is InChI=1S/C13H19N3O3S/c1-2-11-5-3-4-6-12(11)13(17)15-7-9-16(10-8-15)20(14,18)19/h3-6H,2,7-10H2,1H3,(H2,14,18,19). The van der Waals surface area contributed by atoms with Crippen molar-refractivity contribution in [2.24, 2.45) is 5.14 Å². The van der Waals surface area contributed by atoms with Gasteiger partial charge in [0.15, 0.2) is 0 Å². The number of piperazine rings is 1. The minimum Gasteiger partial charge on any atom is -0.336 e. The monoisotopic (exact) mass is 297 g/mol. The first kappa shape index (κ1) is 15.0. The number of benzene rings is 1. The van der Waals surface area contributed by atoms with Crippen LogP contribution in [0.2, 0.25) is 0 Å². The summed E-state index contributed by atoms with van der Waals surface area (Å²) in [5, 5.41) is 5.08. The van der Waals surface area contributed by atoms with Crippen LogP contribution in [0, 0.1) is 0 Å². The fourth-order valence-electron chi connectivity index (χ4n) is 2.35. The minimum absolute atomic E-state index is 0.0449. The van der Waals surface area contributed by atoms with Crippen LogP contribution in [-0.4, -0.2) is 49.7 Å². The van der Waals surface area contributed by atoms with Crippen LogP contribution >= 0.6 is 0 Å². The molecule has 2 rings (SSSR count). The maximum atomic E-state index is 12.5. The van der Waals surface area contributed by atoms with Crippen LogP contribution < -0.4 is 5.14 Å². The zero-order valence-electron chi connectivity index (χ0n) is 11.4. The Kier molecular flexibility index (Phi) is 4.42. The van der Waals surface area contributed by atoms with Crippen LogP contribution in [0.5, 0.6) is 0 Å². The van der Waals surface area contributed by atoms with Crippen molar-refractivity contribution in [2.75, 3.05) is 26.2 Å². The molecule has 0 atom stereocenters. The lowest BCUT2D eigenvalue weighted by atomic mass is 10.0. The second-order valence-corrected chi connectivity index (χ2v) is 6.29. The Morgan fingerprint density at radius 1 is 1.20 bits per heavy atom. The number of hydrogen-bond acceptors (Lipinski definition) is 3. The molecular weight excluding hydrogens is 278 g/mol. The zero-order chi connectivity index (χ0) is 14.8. The number of rotatable bonds is 3. The molecule has 1 amide bonds. The predicted molar refractivity (Wildman–Crippen MR) is 76.4 cm³/mol. The fraction of sp³-hybridized carbons (Fsp3) is 0.462. The van der Waals surface area contributed by atoms with Gasteiger partial charge in [-0.25, -0.2) is 5.14 Å². The van der Waals surface area contributed by atoms with E-state index in [9.17, 15) is 13.2 Å². The van der Waals surface area contributed by atoms with E-state index in [0.29, 0.717) is 18.7 Å². The maximum Gasteiger partial charge on any atom is 0.277 e. The van der Waals surface area contributed by atoms with Gasteiger partial charge in [0.2, 0.25) is 0 Å². The molecule has 0 unspecified atom stereocenters. The molecule has 1 aliphatic heterocycles. The van der Waals surface area contributed by atoms with Crippen molar-refractivity contribution < 1.29 is 13.2 Å². The molecule has 1 fully saturated rings. The first-order chi connectivity index (χ1) is 9.43. The Bertz CT molecular complexity index is 593. The lowest BCUT2D eigenvalue weighted by Gasteiger charge is -2.33. The summed E-state index contributed by atoms with van der Waals surface area (Å²) in [7, 11) is -3.66. The van der Waals surface area contributed by atoms with E-state index in [1.165, 1.54) is 4.31 Å². The third kappa shape index (κ3) is 3.17. The molecule has 0 aromatic heterocycles. The zero-order valence-corrected chi connectivity index (χ0v) is 12.3. The average Bonchev–Trinajstić information content (AvgIpc) is 2.45. The molecule has 0 aliphatic carbocycles. The number of nitrogens with zero attached hydrogens (tertiary/aromatic N) is 2. The van der Waals surface area contributed by atoms with E-state index in [1.807, 2.05) is 31.2 Å². The van der Waals surface area contributed by atoms with Gasteiger partial charge < -0.3 is 4.90 Å². The summed E-state index contributed by atoms with van der Waals surface area (Å²) < 4.78 is 23.7. The molecule has 1 aromatic carbocycles. The van der Waals surface area contributed by atoms with Crippen molar-refractivity contribution in [1.82, 2.24) is 9.21 Å². The van der Waals surface area contributed by atoms with Crippen molar-refractivity contribution in [1.29, 1.82) is 0 Å². The van der Waals surface area contributed by atoms with Crippen LogP contribution in [0.15, 0.2) is 24.3 Å². The number of carbonyl (C=O) groups is 1. The summed E-state index contributed by atoms with van der Waals surface area (Å²) in [6.45, 7) is 3.24. The van der Waals surface area contributed by atoms with Gasteiger partial charge in [-0.05, 0) is 18.1 Å². The third-order valence-corrected chi connectivity index (χ3v) is 4.60. The molecule has 0 spiro atoms. The Hall–Kier alpha value is -1.44. The minimum atomic E-state index is -3.66. The third-order valence-electron chi connectivity index (χ3n) is 3.51. The topological polar surface area (TPSA) is 83.7 Å². The molecule has 0 saturated carbocycles. The van der Waals surface area contributed by atoms with E-state index in [2.05, 4.69) is 0 Å². The first-order valence-electron chi connectivity index (χ1n) is 6.58. The summed E-state index contributed by atoms with van der Waals surface area (Å²) in [6.07, 6.45) is 0.791. The quantitative estimate of drug-likeness (QED) is 0.865. The second-order valence-electron chi connectivity index (χ2n) is 4.75. The Morgan fingerprint density at radius 3 is 2.35 bits per heavy atom. The lowest BCUT2D eigenvalue weighted by Crippen LogP contribution is -2.52. The van der Waals surface area contributed by atoms with Gasteiger partial charge in [-0.1, -0.05) is 25.1 Å². The predicted octanol–water partition coefficient (Wildman–Crippen LogP) is 0.210. The molecule has 6 nitrogen and oxygen atoms in total. The second kappa shape index (κ2) is 5.90. The van der Waals surface area contributed by atoms with Gasteiger partial charge in [0.25, 0.3) is 16.1 Å². The Labute approximate surface area is 119 Å². The van der Waals surface area contributed by atoms with Crippen LogP contribution in [0.1, 0.15) is 22.8 Å². The molecule has 7 heteroatoms. The van der Waals surface area contributed by atoms with Crippen molar-refractivity contribution in [3.8, 4) is 0 Å². The van der Waals surface area contributed by atoms with Gasteiger partial charge in [0.1, 0.15) is 0 Å². The molecule has 1 heterocycles. The Balaban J connectivity index is 2.09. The SMILES string of the molecule is CCc1ccccc1C(=O)N1CCN(S(N)(=O)=O)CC1. The number of amides is 1. The van der Waals surface area contributed by atoms with E-state index >= 15 is 0 Å². The highest BCUT2D eigenvalue weighted by atomic mass is 32.2. The van der Waals surface area contributed by atoms with Crippen LogP contribution in [0.3, 0.4) is 0 Å². The van der Waals surface area contributed by atoms with Crippen LogP contribution in [0.4, 0.5) is 0 Å². The van der Waals surface area contributed by atoms with Gasteiger partial charge in [-0.3, -0.25) is 4.79 Å². The smallest absolute Gasteiger partial charge is 0.277 e. The maximum absolute atomic E-state index is 12.5. The van der Waals surface area contributed by atoms with Crippen molar-refractivity contribution in [3.63, 3.8) is 0 Å². The molecule has 110 valence electrons. The van der Waals surface area contributed by atoms with E-state index in [0.717, 1.165) is 12.0 Å². The van der Waals surface area contributed by atoms with Gasteiger partial charge in [-0.15, -0.1) is 0 Å². The highest BCUT2D eigenvalue weighted by Gasteiger charge is 2.27. The molecule has 1 saturated heterocycles. The number of nitrogens with two attached hydrogens (primary N) is 1. The lowest BCUT2D eigenvalue weighted by molar-refractivity contribution is 0.0697. The van der Waals surface area contributed by atoms with E-state index < -0.39 is 10.2 Å². The highest BCUT2D eigenvalue weighted by Crippen LogP contribution is 2.14. The molecule has 0 radical (unpaired) electrons. The van der Waals surface area contributed by atoms with Gasteiger partial charge in [0, 0.05) is 31.7 Å². The first-order valence-corrected chi connectivity index (χ1v) is 8.09. The normalized spacial score (nSPS) is 17.2. The van der Waals surface area contributed by atoms with E-state index in [-0.39, 0.29) is 19.0 Å². The Morgan fingerprint density at radius 2 is 1.80 bits per heavy atom. The summed E-state index contributed by atoms with van der Waals surface area (Å²) in [5.74, 6) is -0.0449. The summed E-state index contributed by atoms with van der Waals surface area (Å²) >= 11 is 0. The van der Waals surface area contributed by atoms with Crippen LogP contribution in [-0.2, 0) is 16.6 Å². The van der Waals surface area contributed by atoms with E-state index in [4.69, 9.17) is 5.14 Å². The summed E-state index contributed by atoms with van der Waals surface area (Å²) in [5.41, 5.74) is 1.70. The number of carbonyl (C=O) groups excluding carboxylic acids is 1. The molecule has 1 aliphatic rings. The molecule has 0 bridgehead atoms. The van der Waals surface area contributed by atoms with Crippen molar-refractivity contribution in [2.45, 2.75) is 13.3 Å². The fourth-order valence-corrected chi connectivity index (χ4v) is 3.03. The number of aryl methyl sites for hydroxylation is 1. The van der Waals surface area contributed by atoms with Gasteiger partial charge >= 0.3 is 0 Å².